The number of halogens is 1. The van der Waals surface area contributed by atoms with Crippen LogP contribution in [0, 0.1) is 5.92 Å². The van der Waals surface area contributed by atoms with Crippen LogP contribution in [0.2, 0.25) is 5.02 Å². The van der Waals surface area contributed by atoms with Gasteiger partial charge in [0, 0.05) is 11.9 Å². The molecule has 0 spiro atoms. The summed E-state index contributed by atoms with van der Waals surface area (Å²) >= 11 is 7.74. The van der Waals surface area contributed by atoms with Crippen molar-refractivity contribution in [1.82, 2.24) is 10.3 Å². The standard InChI is InChI=1S/C11H17ClN2S/c1-3-13-7-9(2)8-15-11-10(12)5-4-6-14-11/h4-6,9,13H,3,7-8H2,1-2H3. The van der Waals surface area contributed by atoms with Crippen LogP contribution in [0.4, 0.5) is 0 Å². The lowest BCUT2D eigenvalue weighted by Gasteiger charge is -2.11. The second-order valence-corrected chi connectivity index (χ2v) is 4.93. The van der Waals surface area contributed by atoms with Crippen molar-refractivity contribution < 1.29 is 0 Å². The quantitative estimate of drug-likeness (QED) is 0.779. The van der Waals surface area contributed by atoms with Crippen LogP contribution in [0.5, 0.6) is 0 Å². The van der Waals surface area contributed by atoms with Gasteiger partial charge in [-0.2, -0.15) is 0 Å². The molecule has 1 unspecified atom stereocenters. The molecule has 0 radical (unpaired) electrons. The normalized spacial score (nSPS) is 12.7. The van der Waals surface area contributed by atoms with Gasteiger partial charge in [0.2, 0.25) is 0 Å². The van der Waals surface area contributed by atoms with Crippen molar-refractivity contribution >= 4 is 23.4 Å². The summed E-state index contributed by atoms with van der Waals surface area (Å²) in [6.45, 7) is 6.43. The summed E-state index contributed by atoms with van der Waals surface area (Å²) < 4.78 is 0. The summed E-state index contributed by atoms with van der Waals surface area (Å²) in [5.74, 6) is 1.68. The van der Waals surface area contributed by atoms with Gasteiger partial charge in [-0.05, 0) is 31.1 Å². The Labute approximate surface area is 101 Å². The molecule has 0 bridgehead atoms. The minimum atomic E-state index is 0.632. The molecule has 0 aliphatic heterocycles. The molecule has 0 aliphatic rings. The Morgan fingerprint density at radius 1 is 1.60 bits per heavy atom. The van der Waals surface area contributed by atoms with Crippen molar-refractivity contribution in [3.63, 3.8) is 0 Å². The Morgan fingerprint density at radius 3 is 3.07 bits per heavy atom. The summed E-state index contributed by atoms with van der Waals surface area (Å²) in [6.07, 6.45) is 1.78. The molecule has 1 N–H and O–H groups in total. The fourth-order valence-corrected chi connectivity index (χ4v) is 2.34. The molecule has 0 fully saturated rings. The highest BCUT2D eigenvalue weighted by atomic mass is 35.5. The SMILES string of the molecule is CCNCC(C)CSc1ncccc1Cl. The maximum atomic E-state index is 6.01. The van der Waals surface area contributed by atoms with E-state index in [1.807, 2.05) is 12.1 Å². The molecular formula is C11H17ClN2S. The first-order chi connectivity index (χ1) is 7.24. The molecule has 1 atom stereocenters. The number of nitrogens with one attached hydrogen (secondary N) is 1. The number of nitrogens with zero attached hydrogens (tertiary/aromatic N) is 1. The van der Waals surface area contributed by atoms with Crippen molar-refractivity contribution in [3.8, 4) is 0 Å². The number of pyridine rings is 1. The van der Waals surface area contributed by atoms with E-state index in [2.05, 4.69) is 24.1 Å². The molecule has 1 heterocycles. The third kappa shape index (κ3) is 4.87. The van der Waals surface area contributed by atoms with Gasteiger partial charge in [-0.1, -0.05) is 25.4 Å². The van der Waals surface area contributed by atoms with E-state index in [0.29, 0.717) is 5.92 Å². The van der Waals surface area contributed by atoms with Crippen LogP contribution in [-0.4, -0.2) is 23.8 Å². The van der Waals surface area contributed by atoms with E-state index in [-0.39, 0.29) is 0 Å². The highest BCUT2D eigenvalue weighted by Gasteiger charge is 2.05. The highest BCUT2D eigenvalue weighted by Crippen LogP contribution is 2.25. The number of hydrogen-bond donors (Lipinski definition) is 1. The van der Waals surface area contributed by atoms with E-state index < -0.39 is 0 Å². The lowest BCUT2D eigenvalue weighted by Crippen LogP contribution is -2.21. The fourth-order valence-electron chi connectivity index (χ4n) is 1.15. The lowest BCUT2D eigenvalue weighted by molar-refractivity contribution is 0.573. The monoisotopic (exact) mass is 244 g/mol. The van der Waals surface area contributed by atoms with Gasteiger partial charge < -0.3 is 5.32 Å². The first-order valence-corrected chi connectivity index (χ1v) is 6.54. The minimum Gasteiger partial charge on any atom is -0.317 e. The van der Waals surface area contributed by atoms with Gasteiger partial charge in [-0.15, -0.1) is 11.8 Å². The Morgan fingerprint density at radius 2 is 2.40 bits per heavy atom. The maximum Gasteiger partial charge on any atom is 0.115 e. The Balaban J connectivity index is 2.33. The van der Waals surface area contributed by atoms with Gasteiger partial charge >= 0.3 is 0 Å². The summed E-state index contributed by atoms with van der Waals surface area (Å²) in [7, 11) is 0. The lowest BCUT2D eigenvalue weighted by atomic mass is 10.2. The zero-order chi connectivity index (χ0) is 11.1. The molecule has 0 aromatic carbocycles. The van der Waals surface area contributed by atoms with Crippen molar-refractivity contribution in [3.05, 3.63) is 23.4 Å². The smallest absolute Gasteiger partial charge is 0.115 e. The third-order valence-corrected chi connectivity index (χ3v) is 3.72. The maximum absolute atomic E-state index is 6.01. The van der Waals surface area contributed by atoms with E-state index in [9.17, 15) is 0 Å². The molecule has 84 valence electrons. The second-order valence-electron chi connectivity index (χ2n) is 3.51. The average molecular weight is 245 g/mol. The van der Waals surface area contributed by atoms with Crippen LogP contribution in [0.3, 0.4) is 0 Å². The number of hydrogen-bond acceptors (Lipinski definition) is 3. The van der Waals surface area contributed by atoms with Gasteiger partial charge in [-0.25, -0.2) is 4.98 Å². The molecular weight excluding hydrogens is 228 g/mol. The zero-order valence-electron chi connectivity index (χ0n) is 9.16. The predicted octanol–water partition coefficient (Wildman–Crippen LogP) is 3.07. The molecule has 1 aromatic rings. The number of rotatable bonds is 6. The van der Waals surface area contributed by atoms with Gasteiger partial charge in [0.05, 0.1) is 5.02 Å². The summed E-state index contributed by atoms with van der Waals surface area (Å²) in [4.78, 5) is 4.24. The summed E-state index contributed by atoms with van der Waals surface area (Å²) in [5.41, 5.74) is 0. The molecule has 1 rings (SSSR count). The molecule has 0 aliphatic carbocycles. The fraction of sp³-hybridized carbons (Fsp3) is 0.545. The van der Waals surface area contributed by atoms with Crippen LogP contribution >= 0.6 is 23.4 Å². The van der Waals surface area contributed by atoms with E-state index in [1.165, 1.54) is 0 Å². The van der Waals surface area contributed by atoms with Crippen molar-refractivity contribution in [2.75, 3.05) is 18.8 Å². The van der Waals surface area contributed by atoms with Crippen LogP contribution in [0.1, 0.15) is 13.8 Å². The summed E-state index contributed by atoms with van der Waals surface area (Å²) in [5, 5.41) is 5.01. The predicted molar refractivity (Wildman–Crippen MR) is 67.7 cm³/mol. The number of thioether (sulfide) groups is 1. The van der Waals surface area contributed by atoms with Crippen LogP contribution in [-0.2, 0) is 0 Å². The summed E-state index contributed by atoms with van der Waals surface area (Å²) in [6, 6.07) is 3.74. The molecule has 2 nitrogen and oxygen atoms in total. The van der Waals surface area contributed by atoms with Gasteiger partial charge in [0.1, 0.15) is 5.03 Å². The molecule has 0 saturated heterocycles. The average Bonchev–Trinajstić information content (AvgIpc) is 2.25. The van der Waals surface area contributed by atoms with Crippen LogP contribution < -0.4 is 5.32 Å². The Bertz CT molecular complexity index is 294. The van der Waals surface area contributed by atoms with Gasteiger partial charge in [0.15, 0.2) is 0 Å². The van der Waals surface area contributed by atoms with Crippen LogP contribution in [0.15, 0.2) is 23.4 Å². The van der Waals surface area contributed by atoms with Gasteiger partial charge in [-0.3, -0.25) is 0 Å². The largest absolute Gasteiger partial charge is 0.317 e. The van der Waals surface area contributed by atoms with Crippen molar-refractivity contribution in [1.29, 1.82) is 0 Å². The first-order valence-electron chi connectivity index (χ1n) is 5.18. The van der Waals surface area contributed by atoms with Crippen molar-refractivity contribution in [2.45, 2.75) is 18.9 Å². The van der Waals surface area contributed by atoms with Crippen LogP contribution in [0.25, 0.3) is 0 Å². The minimum absolute atomic E-state index is 0.632. The molecule has 0 saturated carbocycles. The topological polar surface area (TPSA) is 24.9 Å². The second kappa shape index (κ2) is 7.09. The van der Waals surface area contributed by atoms with E-state index in [4.69, 9.17) is 11.6 Å². The van der Waals surface area contributed by atoms with E-state index >= 15 is 0 Å². The number of aromatic nitrogens is 1. The third-order valence-electron chi connectivity index (χ3n) is 1.97. The molecule has 0 amide bonds. The molecule has 15 heavy (non-hydrogen) atoms. The molecule has 1 aromatic heterocycles. The zero-order valence-corrected chi connectivity index (χ0v) is 10.7. The van der Waals surface area contributed by atoms with E-state index in [0.717, 1.165) is 28.9 Å². The Kier molecular flexibility index (Phi) is 6.06. The first kappa shape index (κ1) is 12.8. The molecule has 4 heteroatoms. The van der Waals surface area contributed by atoms with Gasteiger partial charge in [0.25, 0.3) is 0 Å². The highest BCUT2D eigenvalue weighted by molar-refractivity contribution is 7.99. The Hall–Kier alpha value is -0.250. The van der Waals surface area contributed by atoms with E-state index in [1.54, 1.807) is 18.0 Å². The van der Waals surface area contributed by atoms with Crippen molar-refractivity contribution in [2.24, 2.45) is 5.92 Å².